The Hall–Kier alpha value is -0.370. The van der Waals surface area contributed by atoms with Crippen molar-refractivity contribution in [2.45, 2.75) is 18.9 Å². The minimum absolute atomic E-state index is 0.596. The van der Waals surface area contributed by atoms with Crippen molar-refractivity contribution in [3.8, 4) is 0 Å². The molecule has 0 bridgehead atoms. The van der Waals surface area contributed by atoms with Crippen molar-refractivity contribution in [3.63, 3.8) is 0 Å². The van der Waals surface area contributed by atoms with Crippen LogP contribution >= 0.6 is 0 Å². The molecule has 1 N–H and O–H groups in total. The first-order valence-electron chi connectivity index (χ1n) is 3.49. The van der Waals surface area contributed by atoms with Gasteiger partial charge in [-0.3, -0.25) is 4.99 Å². The Morgan fingerprint density at radius 2 is 2.56 bits per heavy atom. The van der Waals surface area contributed by atoms with Crippen LogP contribution in [0.15, 0.2) is 4.99 Å². The molecule has 1 saturated carbocycles. The zero-order chi connectivity index (χ0) is 6.69. The zero-order valence-corrected chi connectivity index (χ0v) is 5.93. The van der Waals surface area contributed by atoms with Crippen LogP contribution in [0.4, 0.5) is 0 Å². The van der Waals surface area contributed by atoms with Gasteiger partial charge in [-0.25, -0.2) is 0 Å². The third-order valence-corrected chi connectivity index (χ3v) is 1.88. The lowest BCUT2D eigenvalue weighted by atomic mass is 10.3. The zero-order valence-electron chi connectivity index (χ0n) is 5.93. The highest BCUT2D eigenvalue weighted by molar-refractivity contribution is 5.26. The molecule has 0 amide bonds. The average molecular weight is 126 g/mol. The van der Waals surface area contributed by atoms with E-state index in [9.17, 15) is 0 Å². The predicted molar refractivity (Wildman–Crippen MR) is 40.0 cm³/mol. The van der Waals surface area contributed by atoms with Crippen molar-refractivity contribution >= 4 is 6.72 Å². The Morgan fingerprint density at radius 3 is 3.00 bits per heavy atom. The smallest absolute Gasteiger partial charge is 0.0525 e. The Morgan fingerprint density at radius 1 is 1.78 bits per heavy atom. The van der Waals surface area contributed by atoms with Gasteiger partial charge in [0.15, 0.2) is 0 Å². The Labute approximate surface area is 56.4 Å². The molecule has 52 valence electrons. The van der Waals surface area contributed by atoms with Gasteiger partial charge in [-0.2, -0.15) is 0 Å². The fraction of sp³-hybridized carbons (Fsp3) is 0.857. The molecule has 0 saturated heterocycles. The lowest BCUT2D eigenvalue weighted by molar-refractivity contribution is 0.651. The van der Waals surface area contributed by atoms with E-state index in [0.717, 1.165) is 12.5 Å². The van der Waals surface area contributed by atoms with Crippen LogP contribution < -0.4 is 5.32 Å². The SMILES string of the molecule is C=NC1CC1CCNC. The molecular weight excluding hydrogens is 112 g/mol. The summed E-state index contributed by atoms with van der Waals surface area (Å²) in [6, 6.07) is 0.596. The summed E-state index contributed by atoms with van der Waals surface area (Å²) in [5.41, 5.74) is 0. The second-order valence-electron chi connectivity index (χ2n) is 2.64. The van der Waals surface area contributed by atoms with E-state index in [1.165, 1.54) is 12.8 Å². The first-order valence-corrected chi connectivity index (χ1v) is 3.49. The Balaban J connectivity index is 1.98. The van der Waals surface area contributed by atoms with Crippen LogP contribution in [0.5, 0.6) is 0 Å². The molecule has 1 aliphatic rings. The topological polar surface area (TPSA) is 24.4 Å². The number of hydrogen-bond donors (Lipinski definition) is 1. The number of nitrogens with zero attached hydrogens (tertiary/aromatic N) is 1. The van der Waals surface area contributed by atoms with E-state index in [1.807, 2.05) is 7.05 Å². The van der Waals surface area contributed by atoms with E-state index in [1.54, 1.807) is 0 Å². The maximum absolute atomic E-state index is 3.96. The molecule has 9 heavy (non-hydrogen) atoms. The van der Waals surface area contributed by atoms with E-state index in [-0.39, 0.29) is 0 Å². The summed E-state index contributed by atoms with van der Waals surface area (Å²) in [6.07, 6.45) is 2.53. The van der Waals surface area contributed by atoms with Crippen molar-refractivity contribution in [2.24, 2.45) is 10.9 Å². The lowest BCUT2D eigenvalue weighted by Gasteiger charge is -1.94. The highest BCUT2D eigenvalue weighted by atomic mass is 14.9. The molecule has 2 nitrogen and oxygen atoms in total. The number of aliphatic imine (C=N–C) groups is 1. The predicted octanol–water partition coefficient (Wildman–Crippen LogP) is 0.685. The maximum Gasteiger partial charge on any atom is 0.0525 e. The third-order valence-electron chi connectivity index (χ3n) is 1.88. The van der Waals surface area contributed by atoms with Crippen molar-refractivity contribution in [3.05, 3.63) is 0 Å². The van der Waals surface area contributed by atoms with E-state index in [0.29, 0.717) is 6.04 Å². The van der Waals surface area contributed by atoms with E-state index < -0.39 is 0 Å². The van der Waals surface area contributed by atoms with Crippen LogP contribution in [0.2, 0.25) is 0 Å². The van der Waals surface area contributed by atoms with Crippen LogP contribution in [0.3, 0.4) is 0 Å². The molecule has 1 rings (SSSR count). The first kappa shape index (κ1) is 6.75. The van der Waals surface area contributed by atoms with Crippen LogP contribution in [-0.2, 0) is 0 Å². The summed E-state index contributed by atoms with van der Waals surface area (Å²) >= 11 is 0. The van der Waals surface area contributed by atoms with Gasteiger partial charge in [0, 0.05) is 0 Å². The van der Waals surface area contributed by atoms with Crippen molar-refractivity contribution < 1.29 is 0 Å². The monoisotopic (exact) mass is 126 g/mol. The van der Waals surface area contributed by atoms with Gasteiger partial charge in [-0.1, -0.05) is 0 Å². The van der Waals surface area contributed by atoms with Gasteiger partial charge in [0.1, 0.15) is 0 Å². The molecule has 2 unspecified atom stereocenters. The lowest BCUT2D eigenvalue weighted by Crippen LogP contribution is -2.08. The molecule has 0 aliphatic heterocycles. The van der Waals surface area contributed by atoms with Crippen molar-refractivity contribution in [2.75, 3.05) is 13.6 Å². The number of hydrogen-bond acceptors (Lipinski definition) is 2. The molecule has 1 aliphatic carbocycles. The molecule has 0 heterocycles. The second kappa shape index (κ2) is 2.97. The molecule has 0 spiro atoms. The maximum atomic E-state index is 3.96. The summed E-state index contributed by atoms with van der Waals surface area (Å²) < 4.78 is 0. The highest BCUT2D eigenvalue weighted by Crippen LogP contribution is 2.35. The van der Waals surface area contributed by atoms with E-state index in [4.69, 9.17) is 0 Å². The van der Waals surface area contributed by atoms with Gasteiger partial charge in [0.25, 0.3) is 0 Å². The summed E-state index contributed by atoms with van der Waals surface area (Å²) in [5.74, 6) is 0.843. The molecule has 1 fully saturated rings. The highest BCUT2D eigenvalue weighted by Gasteiger charge is 2.34. The molecule has 0 aromatic heterocycles. The fourth-order valence-corrected chi connectivity index (χ4v) is 1.10. The molecule has 0 radical (unpaired) electrons. The molecular formula is C7H14N2. The van der Waals surface area contributed by atoms with Crippen LogP contribution in [-0.4, -0.2) is 26.4 Å². The summed E-state index contributed by atoms with van der Waals surface area (Å²) in [7, 11) is 1.98. The van der Waals surface area contributed by atoms with Crippen LogP contribution in [0.1, 0.15) is 12.8 Å². The second-order valence-corrected chi connectivity index (χ2v) is 2.64. The Kier molecular flexibility index (Phi) is 2.22. The van der Waals surface area contributed by atoms with Gasteiger partial charge in [-0.05, 0) is 39.1 Å². The summed E-state index contributed by atoms with van der Waals surface area (Å²) in [5, 5.41) is 3.12. The number of rotatable bonds is 4. The average Bonchev–Trinajstić information content (AvgIpc) is 2.62. The van der Waals surface area contributed by atoms with Gasteiger partial charge in [0.2, 0.25) is 0 Å². The van der Waals surface area contributed by atoms with Crippen LogP contribution in [0, 0.1) is 5.92 Å². The first-order chi connectivity index (χ1) is 4.38. The van der Waals surface area contributed by atoms with Gasteiger partial charge >= 0.3 is 0 Å². The fourth-order valence-electron chi connectivity index (χ4n) is 1.10. The van der Waals surface area contributed by atoms with E-state index >= 15 is 0 Å². The minimum atomic E-state index is 0.596. The quantitative estimate of drug-likeness (QED) is 0.550. The van der Waals surface area contributed by atoms with Gasteiger partial charge < -0.3 is 5.32 Å². The molecule has 0 aromatic rings. The van der Waals surface area contributed by atoms with Crippen LogP contribution in [0.25, 0.3) is 0 Å². The number of nitrogens with one attached hydrogen (secondary N) is 1. The third kappa shape index (κ3) is 1.79. The van der Waals surface area contributed by atoms with E-state index in [2.05, 4.69) is 17.0 Å². The van der Waals surface area contributed by atoms with Crippen molar-refractivity contribution in [1.82, 2.24) is 5.32 Å². The van der Waals surface area contributed by atoms with Crippen molar-refractivity contribution in [1.29, 1.82) is 0 Å². The van der Waals surface area contributed by atoms with Gasteiger partial charge in [0.05, 0.1) is 6.04 Å². The molecule has 2 heteroatoms. The molecule has 2 atom stereocenters. The summed E-state index contributed by atoms with van der Waals surface area (Å²) in [4.78, 5) is 3.96. The Bertz CT molecular complexity index is 101. The minimum Gasteiger partial charge on any atom is -0.320 e. The molecule has 0 aromatic carbocycles. The normalized spacial score (nSPS) is 32.1. The standard InChI is InChI=1S/C7H14N2/c1-8-4-3-6-5-7(6)9-2/h6-8H,2-5H2,1H3. The van der Waals surface area contributed by atoms with Gasteiger partial charge in [-0.15, -0.1) is 0 Å². The summed E-state index contributed by atoms with van der Waals surface area (Å²) in [6.45, 7) is 4.63. The largest absolute Gasteiger partial charge is 0.320 e.